The van der Waals surface area contributed by atoms with Gasteiger partial charge in [-0.2, -0.15) is 0 Å². The van der Waals surface area contributed by atoms with Crippen LogP contribution in [0.4, 0.5) is 5.69 Å². The zero-order valence-corrected chi connectivity index (χ0v) is 22.1. The summed E-state index contributed by atoms with van der Waals surface area (Å²) in [5.41, 5.74) is 5.07. The number of nitrogens with zero attached hydrogens (tertiary/aromatic N) is 2. The average molecular weight is 513 g/mol. The van der Waals surface area contributed by atoms with E-state index in [1.165, 1.54) is 12.5 Å². The van der Waals surface area contributed by atoms with E-state index < -0.39 is 0 Å². The standard InChI is InChI=1S/C31H34N3O4/c1-4-23-13-15-27(16-14-23)38-21-31(36)33-26(17-25-18-32-29-11-7-6-10-28(25)29)20-34(22(2)35)19-24-9-5-8-12-30(24)37-3/h5-16,18,26H,4,17,19-21H2,1-3H3,(H,33,36). The third-order valence-corrected chi connectivity index (χ3v) is 6.58. The maximum Gasteiger partial charge on any atom is 0.258 e. The Labute approximate surface area is 224 Å². The Morgan fingerprint density at radius 2 is 1.74 bits per heavy atom. The van der Waals surface area contributed by atoms with Gasteiger partial charge in [-0.3, -0.25) is 14.9 Å². The maximum atomic E-state index is 13.0. The highest BCUT2D eigenvalue weighted by Crippen LogP contribution is 2.33. The molecule has 3 aromatic rings. The summed E-state index contributed by atoms with van der Waals surface area (Å²) in [6, 6.07) is 22.9. The molecule has 7 nitrogen and oxygen atoms in total. The molecule has 0 saturated heterocycles. The Bertz CT molecular complexity index is 1290. The Morgan fingerprint density at radius 1 is 1.00 bits per heavy atom. The van der Waals surface area contributed by atoms with Gasteiger partial charge in [-0.1, -0.05) is 55.5 Å². The molecule has 197 valence electrons. The van der Waals surface area contributed by atoms with E-state index in [0.29, 0.717) is 31.0 Å². The first kappa shape index (κ1) is 26.8. The predicted molar refractivity (Wildman–Crippen MR) is 148 cm³/mol. The van der Waals surface area contributed by atoms with Gasteiger partial charge < -0.3 is 19.7 Å². The average Bonchev–Trinajstić information content (AvgIpc) is 3.34. The molecular formula is C31H34N3O4. The summed E-state index contributed by atoms with van der Waals surface area (Å²) in [4.78, 5) is 27.4. The maximum absolute atomic E-state index is 13.0. The van der Waals surface area contributed by atoms with Crippen molar-refractivity contribution in [3.05, 3.63) is 95.7 Å². The Morgan fingerprint density at radius 3 is 2.47 bits per heavy atom. The molecular weight excluding hydrogens is 478 g/mol. The molecule has 1 unspecified atom stereocenters. The van der Waals surface area contributed by atoms with E-state index in [0.717, 1.165) is 28.8 Å². The summed E-state index contributed by atoms with van der Waals surface area (Å²) in [7, 11) is 1.61. The van der Waals surface area contributed by atoms with Crippen molar-refractivity contribution in [2.45, 2.75) is 39.3 Å². The van der Waals surface area contributed by atoms with Crippen LogP contribution in [0.2, 0.25) is 0 Å². The molecule has 0 aromatic heterocycles. The molecule has 3 aromatic carbocycles. The number of rotatable bonds is 12. The number of benzene rings is 3. The van der Waals surface area contributed by atoms with Crippen molar-refractivity contribution in [1.29, 1.82) is 0 Å². The van der Waals surface area contributed by atoms with Crippen LogP contribution >= 0.6 is 0 Å². The van der Waals surface area contributed by atoms with Crippen molar-refractivity contribution in [3.63, 3.8) is 0 Å². The van der Waals surface area contributed by atoms with Gasteiger partial charge in [0, 0.05) is 37.3 Å². The lowest BCUT2D eigenvalue weighted by atomic mass is 9.99. The second-order valence-electron chi connectivity index (χ2n) is 9.27. The van der Waals surface area contributed by atoms with Crippen LogP contribution in [-0.2, 0) is 22.6 Å². The molecule has 1 aliphatic heterocycles. The molecule has 2 amide bonds. The fraction of sp³-hybridized carbons (Fsp3) is 0.290. The van der Waals surface area contributed by atoms with E-state index in [4.69, 9.17) is 9.47 Å². The van der Waals surface area contributed by atoms with Crippen LogP contribution in [0.3, 0.4) is 0 Å². The number of hydrogen-bond donors (Lipinski definition) is 1. The van der Waals surface area contributed by atoms with Crippen molar-refractivity contribution >= 4 is 23.1 Å². The molecule has 7 heteroatoms. The number of ether oxygens (including phenoxy) is 2. The van der Waals surface area contributed by atoms with Crippen LogP contribution in [0.15, 0.2) is 79.0 Å². The van der Waals surface area contributed by atoms with Gasteiger partial charge in [0.15, 0.2) is 6.61 Å². The van der Waals surface area contributed by atoms with Crippen molar-refractivity contribution in [3.8, 4) is 11.5 Å². The summed E-state index contributed by atoms with van der Waals surface area (Å²) >= 11 is 0. The zero-order valence-electron chi connectivity index (χ0n) is 22.1. The van der Waals surface area contributed by atoms with Gasteiger partial charge in [0.05, 0.1) is 18.8 Å². The minimum Gasteiger partial charge on any atom is -0.496 e. The third-order valence-electron chi connectivity index (χ3n) is 6.58. The molecule has 0 bridgehead atoms. The number of hydrogen-bond acceptors (Lipinski definition) is 4. The van der Waals surface area contributed by atoms with E-state index in [1.54, 1.807) is 12.0 Å². The molecule has 1 radical (unpaired) electrons. The molecule has 38 heavy (non-hydrogen) atoms. The Kier molecular flexibility index (Phi) is 9.03. The molecule has 1 atom stereocenters. The fourth-order valence-corrected chi connectivity index (χ4v) is 4.51. The lowest BCUT2D eigenvalue weighted by molar-refractivity contribution is -0.131. The van der Waals surface area contributed by atoms with E-state index in [-0.39, 0.29) is 24.5 Å². The van der Waals surface area contributed by atoms with Gasteiger partial charge in [-0.05, 0) is 48.2 Å². The van der Waals surface area contributed by atoms with Gasteiger partial charge >= 0.3 is 0 Å². The van der Waals surface area contributed by atoms with Crippen LogP contribution in [0.1, 0.15) is 37.0 Å². The number of aryl methyl sites for hydroxylation is 1. The van der Waals surface area contributed by atoms with Gasteiger partial charge in [-0.15, -0.1) is 0 Å². The van der Waals surface area contributed by atoms with Crippen LogP contribution in [-0.4, -0.2) is 43.0 Å². The number of carbonyl (C=O) groups is 2. The van der Waals surface area contributed by atoms with E-state index in [9.17, 15) is 9.59 Å². The SMILES string of the molecule is CCc1ccc(OCC(=O)NC(CC2=C[N]c3ccccc32)CN(Cc2ccccc2OC)C(C)=O)cc1. The highest BCUT2D eigenvalue weighted by molar-refractivity contribution is 5.81. The molecule has 0 saturated carbocycles. The monoisotopic (exact) mass is 512 g/mol. The first-order valence-corrected chi connectivity index (χ1v) is 12.8. The Hall–Kier alpha value is -4.26. The van der Waals surface area contributed by atoms with Crippen molar-refractivity contribution in [2.75, 3.05) is 20.3 Å². The van der Waals surface area contributed by atoms with Crippen LogP contribution in [0.5, 0.6) is 11.5 Å². The number of para-hydroxylation sites is 2. The topological polar surface area (TPSA) is 82.0 Å². The third kappa shape index (κ3) is 6.94. The summed E-state index contributed by atoms with van der Waals surface area (Å²) in [5, 5.41) is 7.61. The highest BCUT2D eigenvalue weighted by Gasteiger charge is 2.24. The minimum atomic E-state index is -0.347. The molecule has 1 heterocycles. The van der Waals surface area contributed by atoms with Crippen LogP contribution in [0, 0.1) is 0 Å². The Balaban J connectivity index is 1.48. The summed E-state index contributed by atoms with van der Waals surface area (Å²) < 4.78 is 11.2. The second-order valence-corrected chi connectivity index (χ2v) is 9.27. The van der Waals surface area contributed by atoms with Gasteiger partial charge in [0.1, 0.15) is 11.5 Å². The van der Waals surface area contributed by atoms with Crippen LogP contribution < -0.4 is 20.1 Å². The zero-order chi connectivity index (χ0) is 26.9. The molecule has 1 aliphatic rings. The van der Waals surface area contributed by atoms with E-state index in [1.807, 2.05) is 79.0 Å². The van der Waals surface area contributed by atoms with Gasteiger partial charge in [0.25, 0.3) is 5.91 Å². The lowest BCUT2D eigenvalue weighted by Crippen LogP contribution is -2.46. The van der Waals surface area contributed by atoms with E-state index >= 15 is 0 Å². The van der Waals surface area contributed by atoms with E-state index in [2.05, 4.69) is 17.6 Å². The van der Waals surface area contributed by atoms with Gasteiger partial charge in [0.2, 0.25) is 5.91 Å². The quantitative estimate of drug-likeness (QED) is 0.376. The normalized spacial score (nSPS) is 12.6. The fourth-order valence-electron chi connectivity index (χ4n) is 4.51. The second kappa shape index (κ2) is 12.8. The summed E-state index contributed by atoms with van der Waals surface area (Å²) in [5.74, 6) is 1.02. The predicted octanol–water partition coefficient (Wildman–Crippen LogP) is 4.85. The van der Waals surface area contributed by atoms with Crippen molar-refractivity contribution in [2.24, 2.45) is 0 Å². The number of methoxy groups -OCH3 is 1. The highest BCUT2D eigenvalue weighted by atomic mass is 16.5. The smallest absolute Gasteiger partial charge is 0.258 e. The number of amides is 2. The van der Waals surface area contributed by atoms with Crippen molar-refractivity contribution in [1.82, 2.24) is 15.5 Å². The molecule has 0 spiro atoms. The molecule has 4 rings (SSSR count). The number of carbonyl (C=O) groups excluding carboxylic acids is 2. The molecule has 0 aliphatic carbocycles. The summed E-state index contributed by atoms with van der Waals surface area (Å²) in [6.07, 6.45) is 3.30. The summed E-state index contributed by atoms with van der Waals surface area (Å²) in [6.45, 7) is 4.20. The number of nitrogens with one attached hydrogen (secondary N) is 1. The van der Waals surface area contributed by atoms with Crippen LogP contribution in [0.25, 0.3) is 5.57 Å². The first-order valence-electron chi connectivity index (χ1n) is 12.8. The lowest BCUT2D eigenvalue weighted by Gasteiger charge is -2.28. The minimum absolute atomic E-state index is 0.0899. The number of fused-ring (bicyclic) bond motifs is 1. The molecule has 1 N–H and O–H groups in total. The van der Waals surface area contributed by atoms with Gasteiger partial charge in [-0.25, -0.2) is 0 Å². The largest absolute Gasteiger partial charge is 0.496 e. The molecule has 0 fully saturated rings. The first-order chi connectivity index (χ1) is 18.5. The van der Waals surface area contributed by atoms with Crippen molar-refractivity contribution < 1.29 is 19.1 Å².